The molecule has 1 fully saturated rings. The van der Waals surface area contributed by atoms with E-state index in [0.29, 0.717) is 5.84 Å². The molecule has 3 nitrogen and oxygen atoms in total. The predicted molar refractivity (Wildman–Crippen MR) is 67.1 cm³/mol. The normalized spacial score (nSPS) is 17.5. The summed E-state index contributed by atoms with van der Waals surface area (Å²) in [6, 6.07) is 8.20. The molecule has 1 heterocycles. The summed E-state index contributed by atoms with van der Waals surface area (Å²) in [6.07, 6.45) is 0. The van der Waals surface area contributed by atoms with Gasteiger partial charge in [-0.3, -0.25) is 5.41 Å². The first-order valence-electron chi connectivity index (χ1n) is 5.76. The van der Waals surface area contributed by atoms with Gasteiger partial charge in [-0.15, -0.1) is 0 Å². The molecule has 1 aliphatic heterocycles. The summed E-state index contributed by atoms with van der Waals surface area (Å²) in [5.74, 6) is 0.664. The molecule has 2 rings (SSSR count). The third-order valence-corrected chi connectivity index (χ3v) is 3.11. The number of nitrogens with zero attached hydrogens (tertiary/aromatic N) is 2. The number of likely N-dealkylation sites (N-methyl/N-ethyl adjacent to an activating group) is 1. The lowest BCUT2D eigenvalue weighted by atomic mass is 10.1. The van der Waals surface area contributed by atoms with Gasteiger partial charge >= 0.3 is 0 Å². The van der Waals surface area contributed by atoms with Crippen molar-refractivity contribution in [2.75, 3.05) is 33.2 Å². The lowest BCUT2D eigenvalue weighted by Crippen LogP contribution is -2.47. The van der Waals surface area contributed by atoms with Crippen LogP contribution in [0.3, 0.4) is 0 Å². The highest BCUT2D eigenvalue weighted by atomic mass is 15.3. The zero-order chi connectivity index (χ0) is 11.5. The number of aryl methyl sites for hydroxylation is 1. The van der Waals surface area contributed by atoms with Crippen LogP contribution in [-0.4, -0.2) is 48.9 Å². The Balaban J connectivity index is 2.08. The average molecular weight is 217 g/mol. The molecule has 86 valence electrons. The van der Waals surface area contributed by atoms with Crippen LogP contribution < -0.4 is 0 Å². The van der Waals surface area contributed by atoms with Crippen LogP contribution in [0.15, 0.2) is 24.3 Å². The topological polar surface area (TPSA) is 30.3 Å². The quantitative estimate of drug-likeness (QED) is 0.571. The summed E-state index contributed by atoms with van der Waals surface area (Å²) in [5, 5.41) is 8.19. The smallest absolute Gasteiger partial charge is 0.128 e. The molecule has 0 amide bonds. The summed E-state index contributed by atoms with van der Waals surface area (Å²) >= 11 is 0. The van der Waals surface area contributed by atoms with E-state index in [1.807, 2.05) is 12.1 Å². The monoisotopic (exact) mass is 217 g/mol. The fourth-order valence-electron chi connectivity index (χ4n) is 2.00. The molecule has 0 spiro atoms. The molecule has 1 aromatic carbocycles. The van der Waals surface area contributed by atoms with Crippen LogP contribution in [0, 0.1) is 12.3 Å². The van der Waals surface area contributed by atoms with Gasteiger partial charge in [0.2, 0.25) is 0 Å². The van der Waals surface area contributed by atoms with Gasteiger partial charge in [0, 0.05) is 31.7 Å². The maximum absolute atomic E-state index is 8.19. The van der Waals surface area contributed by atoms with Gasteiger partial charge in [0.15, 0.2) is 0 Å². The van der Waals surface area contributed by atoms with Crippen LogP contribution in [0.1, 0.15) is 11.1 Å². The second-order valence-electron chi connectivity index (χ2n) is 4.51. The predicted octanol–water partition coefficient (Wildman–Crippen LogP) is 1.57. The molecule has 3 heteroatoms. The van der Waals surface area contributed by atoms with Crippen LogP contribution in [0.5, 0.6) is 0 Å². The second-order valence-corrected chi connectivity index (χ2v) is 4.51. The molecule has 0 saturated carbocycles. The van der Waals surface area contributed by atoms with Crippen LogP contribution in [-0.2, 0) is 0 Å². The van der Waals surface area contributed by atoms with Gasteiger partial charge in [-0.1, -0.05) is 23.8 Å². The van der Waals surface area contributed by atoms with Crippen LogP contribution in [0.4, 0.5) is 0 Å². The Labute approximate surface area is 97.2 Å². The molecule has 0 aliphatic carbocycles. The highest BCUT2D eigenvalue weighted by molar-refractivity contribution is 5.96. The van der Waals surface area contributed by atoms with E-state index in [2.05, 4.69) is 35.9 Å². The Morgan fingerprint density at radius 3 is 2.50 bits per heavy atom. The van der Waals surface area contributed by atoms with Crippen LogP contribution >= 0.6 is 0 Å². The Morgan fingerprint density at radius 2 is 1.88 bits per heavy atom. The van der Waals surface area contributed by atoms with Crippen molar-refractivity contribution in [2.45, 2.75) is 6.92 Å². The first-order chi connectivity index (χ1) is 7.66. The number of hydrogen-bond donors (Lipinski definition) is 1. The summed E-state index contributed by atoms with van der Waals surface area (Å²) in [4.78, 5) is 4.47. The molecule has 0 aromatic heterocycles. The summed E-state index contributed by atoms with van der Waals surface area (Å²) in [7, 11) is 2.13. The molecular weight excluding hydrogens is 198 g/mol. The molecule has 1 aliphatic rings. The van der Waals surface area contributed by atoms with E-state index in [9.17, 15) is 0 Å². The zero-order valence-electron chi connectivity index (χ0n) is 10.0. The molecule has 16 heavy (non-hydrogen) atoms. The van der Waals surface area contributed by atoms with E-state index >= 15 is 0 Å². The number of rotatable bonds is 1. The van der Waals surface area contributed by atoms with E-state index in [1.54, 1.807) is 0 Å². The molecule has 1 saturated heterocycles. The van der Waals surface area contributed by atoms with Gasteiger partial charge < -0.3 is 9.80 Å². The zero-order valence-corrected chi connectivity index (χ0v) is 10.0. The first kappa shape index (κ1) is 11.1. The van der Waals surface area contributed by atoms with Crippen molar-refractivity contribution in [1.82, 2.24) is 9.80 Å². The standard InChI is InChI=1S/C13H19N3/c1-11-4-3-5-12(10-11)13(14)16-8-6-15(2)7-9-16/h3-5,10,14H,6-9H2,1-2H3. The van der Waals surface area contributed by atoms with Gasteiger partial charge in [0.05, 0.1) is 0 Å². The third kappa shape index (κ3) is 2.42. The van der Waals surface area contributed by atoms with Crippen molar-refractivity contribution >= 4 is 5.84 Å². The molecule has 0 radical (unpaired) electrons. The average Bonchev–Trinajstić information content (AvgIpc) is 2.29. The molecule has 1 aromatic rings. The Kier molecular flexibility index (Phi) is 3.25. The highest BCUT2D eigenvalue weighted by Gasteiger charge is 2.17. The van der Waals surface area contributed by atoms with Crippen molar-refractivity contribution < 1.29 is 0 Å². The number of hydrogen-bond acceptors (Lipinski definition) is 2. The van der Waals surface area contributed by atoms with Gasteiger partial charge in [-0.25, -0.2) is 0 Å². The Hall–Kier alpha value is -1.35. The fraction of sp³-hybridized carbons (Fsp3) is 0.462. The number of piperazine rings is 1. The van der Waals surface area contributed by atoms with Gasteiger partial charge in [0.1, 0.15) is 5.84 Å². The number of amidine groups is 1. The molecule has 0 bridgehead atoms. The lowest BCUT2D eigenvalue weighted by Gasteiger charge is -2.34. The molecule has 0 unspecified atom stereocenters. The number of benzene rings is 1. The van der Waals surface area contributed by atoms with Crippen LogP contribution in [0.2, 0.25) is 0 Å². The highest BCUT2D eigenvalue weighted by Crippen LogP contribution is 2.09. The van der Waals surface area contributed by atoms with Crippen LogP contribution in [0.25, 0.3) is 0 Å². The van der Waals surface area contributed by atoms with E-state index in [4.69, 9.17) is 5.41 Å². The second kappa shape index (κ2) is 4.66. The maximum atomic E-state index is 8.19. The van der Waals surface area contributed by atoms with Crippen molar-refractivity contribution in [3.63, 3.8) is 0 Å². The van der Waals surface area contributed by atoms with Gasteiger partial charge in [0.25, 0.3) is 0 Å². The van der Waals surface area contributed by atoms with Crippen molar-refractivity contribution in [3.05, 3.63) is 35.4 Å². The summed E-state index contributed by atoms with van der Waals surface area (Å²) < 4.78 is 0. The SMILES string of the molecule is Cc1cccc(C(=N)N2CCN(C)CC2)c1. The van der Waals surface area contributed by atoms with Gasteiger partial charge in [-0.2, -0.15) is 0 Å². The minimum Gasteiger partial charge on any atom is -0.354 e. The Bertz CT molecular complexity index is 379. The summed E-state index contributed by atoms with van der Waals surface area (Å²) in [6.45, 7) is 6.09. The van der Waals surface area contributed by atoms with E-state index < -0.39 is 0 Å². The fourth-order valence-corrected chi connectivity index (χ4v) is 2.00. The Morgan fingerprint density at radius 1 is 1.19 bits per heavy atom. The lowest BCUT2D eigenvalue weighted by molar-refractivity contribution is 0.215. The summed E-state index contributed by atoms with van der Waals surface area (Å²) in [5.41, 5.74) is 2.25. The van der Waals surface area contributed by atoms with E-state index in [-0.39, 0.29) is 0 Å². The van der Waals surface area contributed by atoms with E-state index in [0.717, 1.165) is 31.7 Å². The largest absolute Gasteiger partial charge is 0.354 e. The van der Waals surface area contributed by atoms with Gasteiger partial charge in [-0.05, 0) is 20.0 Å². The minimum absolute atomic E-state index is 0.664. The van der Waals surface area contributed by atoms with Crippen molar-refractivity contribution in [2.24, 2.45) is 0 Å². The minimum atomic E-state index is 0.664. The van der Waals surface area contributed by atoms with Crippen molar-refractivity contribution in [1.29, 1.82) is 5.41 Å². The first-order valence-corrected chi connectivity index (χ1v) is 5.76. The van der Waals surface area contributed by atoms with Crippen molar-refractivity contribution in [3.8, 4) is 0 Å². The molecule has 0 atom stereocenters. The van der Waals surface area contributed by atoms with E-state index in [1.165, 1.54) is 5.56 Å². The maximum Gasteiger partial charge on any atom is 0.128 e. The molecule has 1 N–H and O–H groups in total. The molecular formula is C13H19N3. The third-order valence-electron chi connectivity index (χ3n) is 3.11. The number of nitrogens with one attached hydrogen (secondary N) is 1.